The van der Waals surface area contributed by atoms with Crippen LogP contribution in [0.4, 0.5) is 0 Å². The van der Waals surface area contributed by atoms with Gasteiger partial charge in [-0.15, -0.1) is 0 Å². The first-order valence-corrected chi connectivity index (χ1v) is 9.56. The molecule has 2 aromatic carbocycles. The minimum atomic E-state index is -0.457. The number of ketones is 2. The number of benzene rings is 2. The van der Waals surface area contributed by atoms with Crippen LogP contribution in [-0.4, -0.2) is 16.7 Å². The molecule has 140 valence electrons. The molecule has 28 heavy (non-hydrogen) atoms. The van der Waals surface area contributed by atoms with Gasteiger partial charge in [-0.25, -0.2) is 0 Å². The van der Waals surface area contributed by atoms with E-state index >= 15 is 0 Å². The molecule has 0 amide bonds. The predicted octanol–water partition coefficient (Wildman–Crippen LogP) is 4.33. The number of rotatable bonds is 1. The summed E-state index contributed by atoms with van der Waals surface area (Å²) in [5, 5.41) is 13.5. The first kappa shape index (κ1) is 17.0. The summed E-state index contributed by atoms with van der Waals surface area (Å²) in [4.78, 5) is 26.5. The Morgan fingerprint density at radius 1 is 0.964 bits per heavy atom. The Morgan fingerprint density at radius 3 is 2.46 bits per heavy atom. The number of phenols is 1. The summed E-state index contributed by atoms with van der Waals surface area (Å²) >= 11 is 0. The molecule has 0 bridgehead atoms. The molecule has 2 N–H and O–H groups in total. The number of carbonyl (C=O) groups excluding carboxylic acids is 2. The van der Waals surface area contributed by atoms with E-state index in [9.17, 15) is 14.7 Å². The van der Waals surface area contributed by atoms with Crippen molar-refractivity contribution in [1.82, 2.24) is 5.32 Å². The lowest BCUT2D eigenvalue weighted by Gasteiger charge is -2.39. The Kier molecular flexibility index (Phi) is 3.45. The number of nitrogens with one attached hydrogen (secondary N) is 1. The van der Waals surface area contributed by atoms with Crippen molar-refractivity contribution in [1.29, 1.82) is 0 Å². The predicted molar refractivity (Wildman–Crippen MR) is 107 cm³/mol. The van der Waals surface area contributed by atoms with E-state index in [4.69, 9.17) is 0 Å². The fraction of sp³-hybridized carbons (Fsp3) is 0.250. The van der Waals surface area contributed by atoms with E-state index in [1.54, 1.807) is 18.2 Å². The van der Waals surface area contributed by atoms with Gasteiger partial charge in [-0.3, -0.25) is 9.59 Å². The normalized spacial score (nSPS) is 22.6. The topological polar surface area (TPSA) is 66.4 Å². The number of phenolic OH excluding ortho intramolecular Hbond substituents is 1. The third-order valence-electron chi connectivity index (χ3n) is 5.93. The number of dihydropyridines is 1. The maximum atomic E-state index is 13.3. The highest BCUT2D eigenvalue weighted by Crippen LogP contribution is 2.51. The largest absolute Gasteiger partial charge is 0.508 e. The van der Waals surface area contributed by atoms with Gasteiger partial charge >= 0.3 is 0 Å². The van der Waals surface area contributed by atoms with E-state index in [-0.39, 0.29) is 22.7 Å². The van der Waals surface area contributed by atoms with Crippen molar-refractivity contribution < 1.29 is 14.7 Å². The Hall–Kier alpha value is -3.14. The molecule has 2 aliphatic carbocycles. The van der Waals surface area contributed by atoms with Crippen LogP contribution in [0.1, 0.15) is 54.1 Å². The average molecular weight is 371 g/mol. The number of hydrogen-bond donors (Lipinski definition) is 2. The van der Waals surface area contributed by atoms with Crippen LogP contribution in [0, 0.1) is 5.41 Å². The fourth-order valence-electron chi connectivity index (χ4n) is 4.83. The molecule has 1 aliphatic heterocycles. The summed E-state index contributed by atoms with van der Waals surface area (Å²) in [7, 11) is 0. The van der Waals surface area contributed by atoms with E-state index in [0.29, 0.717) is 23.1 Å². The van der Waals surface area contributed by atoms with E-state index in [0.717, 1.165) is 28.9 Å². The Bertz CT molecular complexity index is 1120. The molecule has 2 aromatic rings. The standard InChI is InChI=1S/C24H21NO3/c1-24(2)11-17-20(18(27)12-24)19(13-6-5-7-14(26)10-13)21-22(25-17)15-8-3-4-9-16(15)23(21)28/h3-10,19,25-26H,11-12H2,1-2H3/t19-/m1/s1. The van der Waals surface area contributed by atoms with Crippen LogP contribution in [0.2, 0.25) is 0 Å². The van der Waals surface area contributed by atoms with E-state index in [1.165, 1.54) is 0 Å². The second-order valence-corrected chi connectivity index (χ2v) is 8.65. The molecule has 0 radical (unpaired) electrons. The number of fused-ring (bicyclic) bond motifs is 2. The maximum Gasteiger partial charge on any atom is 0.192 e. The summed E-state index contributed by atoms with van der Waals surface area (Å²) in [6.07, 6.45) is 1.20. The zero-order valence-corrected chi connectivity index (χ0v) is 15.9. The molecule has 1 atom stereocenters. The molecule has 0 aromatic heterocycles. The first-order valence-electron chi connectivity index (χ1n) is 9.56. The molecule has 0 saturated carbocycles. The van der Waals surface area contributed by atoms with Gasteiger partial charge in [-0.05, 0) is 29.5 Å². The Morgan fingerprint density at radius 2 is 1.71 bits per heavy atom. The highest BCUT2D eigenvalue weighted by atomic mass is 16.3. The summed E-state index contributed by atoms with van der Waals surface area (Å²) in [6.45, 7) is 4.19. The molecular formula is C24H21NO3. The highest BCUT2D eigenvalue weighted by Gasteiger charge is 2.46. The number of allylic oxidation sites excluding steroid dienone is 3. The first-order chi connectivity index (χ1) is 13.4. The lowest BCUT2D eigenvalue weighted by molar-refractivity contribution is -0.118. The van der Waals surface area contributed by atoms with E-state index < -0.39 is 5.92 Å². The zero-order valence-electron chi connectivity index (χ0n) is 15.9. The van der Waals surface area contributed by atoms with Crippen molar-refractivity contribution in [2.24, 2.45) is 5.41 Å². The molecule has 1 heterocycles. The number of hydrogen-bond acceptors (Lipinski definition) is 4. The fourth-order valence-corrected chi connectivity index (χ4v) is 4.83. The minimum absolute atomic E-state index is 0.0457. The smallest absolute Gasteiger partial charge is 0.192 e. The summed E-state index contributed by atoms with van der Waals surface area (Å²) in [6, 6.07) is 14.5. The molecule has 0 spiro atoms. The summed E-state index contributed by atoms with van der Waals surface area (Å²) < 4.78 is 0. The average Bonchev–Trinajstić information content (AvgIpc) is 2.92. The third kappa shape index (κ3) is 2.37. The van der Waals surface area contributed by atoms with Crippen LogP contribution in [0.25, 0.3) is 5.70 Å². The second-order valence-electron chi connectivity index (χ2n) is 8.65. The van der Waals surface area contributed by atoms with Gasteiger partial charge in [0.25, 0.3) is 0 Å². The monoisotopic (exact) mass is 371 g/mol. The number of carbonyl (C=O) groups is 2. The van der Waals surface area contributed by atoms with Gasteiger partial charge in [0.15, 0.2) is 11.6 Å². The maximum absolute atomic E-state index is 13.3. The van der Waals surface area contributed by atoms with Gasteiger partial charge in [0.2, 0.25) is 0 Å². The van der Waals surface area contributed by atoms with Crippen LogP contribution in [0.3, 0.4) is 0 Å². The van der Waals surface area contributed by atoms with Crippen LogP contribution in [-0.2, 0) is 4.79 Å². The number of aromatic hydroxyl groups is 1. The Labute approximate surface area is 163 Å². The molecule has 5 rings (SSSR count). The van der Waals surface area contributed by atoms with Crippen LogP contribution >= 0.6 is 0 Å². The second kappa shape index (κ2) is 5.68. The third-order valence-corrected chi connectivity index (χ3v) is 5.93. The highest BCUT2D eigenvalue weighted by molar-refractivity contribution is 6.23. The van der Waals surface area contributed by atoms with Crippen molar-refractivity contribution in [2.75, 3.05) is 0 Å². The van der Waals surface area contributed by atoms with Crippen molar-refractivity contribution in [2.45, 2.75) is 32.6 Å². The van der Waals surface area contributed by atoms with Gasteiger partial charge in [0.1, 0.15) is 5.75 Å². The minimum Gasteiger partial charge on any atom is -0.508 e. The van der Waals surface area contributed by atoms with Gasteiger partial charge in [-0.1, -0.05) is 50.2 Å². The van der Waals surface area contributed by atoms with E-state index in [1.807, 2.05) is 30.3 Å². The van der Waals surface area contributed by atoms with Gasteiger partial charge in [0.05, 0.1) is 5.70 Å². The van der Waals surface area contributed by atoms with E-state index in [2.05, 4.69) is 19.2 Å². The molecule has 4 heteroatoms. The van der Waals surface area contributed by atoms with Crippen molar-refractivity contribution >= 4 is 17.3 Å². The van der Waals surface area contributed by atoms with Gasteiger partial charge in [0, 0.05) is 40.3 Å². The summed E-state index contributed by atoms with van der Waals surface area (Å²) in [5.74, 6) is -0.299. The van der Waals surface area contributed by atoms with Crippen molar-refractivity contribution in [3.63, 3.8) is 0 Å². The molecule has 0 saturated heterocycles. The van der Waals surface area contributed by atoms with Gasteiger partial charge < -0.3 is 10.4 Å². The summed E-state index contributed by atoms with van der Waals surface area (Å²) in [5.41, 5.74) is 5.17. The molecule has 0 fully saturated rings. The van der Waals surface area contributed by atoms with Gasteiger partial charge in [-0.2, -0.15) is 0 Å². The quantitative estimate of drug-likeness (QED) is 0.783. The van der Waals surface area contributed by atoms with Crippen LogP contribution in [0.5, 0.6) is 5.75 Å². The molecule has 4 nitrogen and oxygen atoms in total. The lowest BCUT2D eigenvalue weighted by Crippen LogP contribution is -2.37. The van der Waals surface area contributed by atoms with Crippen molar-refractivity contribution in [3.05, 3.63) is 82.1 Å². The molecule has 0 unspecified atom stereocenters. The lowest BCUT2D eigenvalue weighted by atomic mass is 9.68. The molecule has 3 aliphatic rings. The molecular weight excluding hydrogens is 350 g/mol. The Balaban J connectivity index is 1.76. The SMILES string of the molecule is CC1(C)CC(=O)C2=C(C1)NC1=C(C(=O)c3ccccc31)[C@@H]2c1cccc(O)c1. The van der Waals surface area contributed by atoms with Crippen LogP contribution in [0.15, 0.2) is 65.4 Å². The van der Waals surface area contributed by atoms with Crippen molar-refractivity contribution in [3.8, 4) is 5.75 Å². The van der Waals surface area contributed by atoms with Crippen LogP contribution < -0.4 is 5.32 Å². The zero-order chi connectivity index (χ0) is 19.6. The number of Topliss-reactive ketones (excluding diaryl/α,β-unsaturated/α-hetero) is 2.